The standard InChI is InChI=1S/C24H26ClFN4O5/c25-19-15(18-16(26)2-1-3-17(18)31)11-30(28-7-6-24(13-28)4-5-24)20-21(19)35-12-14-10-27(23(33)34)8-9-29(14)22(20)32/h1-3,14,31H,4-13H2,(H,33,34)/t14-/m1/s1. The van der Waals surface area contributed by atoms with Crippen molar-refractivity contribution >= 4 is 29.2 Å². The number of rotatable bonds is 2. The number of piperazine rings is 1. The molecule has 1 aromatic carbocycles. The number of hydrazine groups is 1. The maximum Gasteiger partial charge on any atom is 0.407 e. The van der Waals surface area contributed by atoms with Gasteiger partial charge in [-0.1, -0.05) is 17.7 Å². The molecule has 186 valence electrons. The molecule has 5 aliphatic rings. The van der Waals surface area contributed by atoms with Gasteiger partial charge in [0.1, 0.15) is 18.2 Å². The van der Waals surface area contributed by atoms with Crippen LogP contribution in [-0.2, 0) is 9.53 Å². The number of fused-ring (bicyclic) bond motifs is 1. The fraction of sp³-hybridized carbons (Fsp3) is 0.500. The molecule has 0 aromatic heterocycles. The van der Waals surface area contributed by atoms with Gasteiger partial charge in [-0.15, -0.1) is 0 Å². The van der Waals surface area contributed by atoms with E-state index in [-0.39, 0.29) is 66.2 Å². The van der Waals surface area contributed by atoms with Crippen LogP contribution in [0.3, 0.4) is 0 Å². The lowest BCUT2D eigenvalue weighted by Gasteiger charge is -2.42. The molecule has 4 heterocycles. The van der Waals surface area contributed by atoms with E-state index in [0.29, 0.717) is 11.3 Å². The van der Waals surface area contributed by atoms with Gasteiger partial charge in [0, 0.05) is 38.3 Å². The normalized spacial score (nSPS) is 26.1. The summed E-state index contributed by atoms with van der Waals surface area (Å²) in [6.45, 7) is 2.28. The molecule has 11 heteroatoms. The lowest BCUT2D eigenvalue weighted by molar-refractivity contribution is -0.135. The maximum atomic E-state index is 14.9. The average molecular weight is 505 g/mol. The third-order valence-electron chi connectivity index (χ3n) is 7.89. The smallest absolute Gasteiger partial charge is 0.407 e. The second-order valence-electron chi connectivity index (χ2n) is 9.99. The molecule has 4 aliphatic heterocycles. The summed E-state index contributed by atoms with van der Waals surface area (Å²) in [4.78, 5) is 28.4. The van der Waals surface area contributed by atoms with Crippen LogP contribution in [0.15, 0.2) is 34.7 Å². The summed E-state index contributed by atoms with van der Waals surface area (Å²) in [5.41, 5.74) is 0.886. The van der Waals surface area contributed by atoms with E-state index in [2.05, 4.69) is 5.01 Å². The van der Waals surface area contributed by atoms with Crippen LogP contribution in [0.4, 0.5) is 9.18 Å². The molecular formula is C24H26ClFN4O5. The van der Waals surface area contributed by atoms with Crippen molar-refractivity contribution in [3.63, 3.8) is 0 Å². The molecular weight excluding hydrogens is 479 g/mol. The minimum absolute atomic E-state index is 0.00977. The van der Waals surface area contributed by atoms with Gasteiger partial charge in [0.25, 0.3) is 5.91 Å². The monoisotopic (exact) mass is 504 g/mol. The Labute approximate surface area is 206 Å². The minimum Gasteiger partial charge on any atom is -0.507 e. The van der Waals surface area contributed by atoms with Crippen LogP contribution in [0, 0.1) is 11.2 Å². The summed E-state index contributed by atoms with van der Waals surface area (Å²) in [6, 6.07) is 3.61. The van der Waals surface area contributed by atoms with Crippen molar-refractivity contribution in [2.75, 3.05) is 45.9 Å². The number of carbonyl (C=O) groups is 2. The zero-order chi connectivity index (χ0) is 24.5. The van der Waals surface area contributed by atoms with Gasteiger partial charge in [-0.3, -0.25) is 9.80 Å². The fourth-order valence-electron chi connectivity index (χ4n) is 5.69. The van der Waals surface area contributed by atoms with E-state index in [1.165, 1.54) is 23.1 Å². The zero-order valence-corrected chi connectivity index (χ0v) is 19.8. The molecule has 9 nitrogen and oxygen atoms in total. The molecule has 2 saturated heterocycles. The van der Waals surface area contributed by atoms with E-state index in [9.17, 15) is 24.2 Å². The van der Waals surface area contributed by atoms with Crippen LogP contribution in [0.25, 0.3) is 5.57 Å². The van der Waals surface area contributed by atoms with E-state index in [0.717, 1.165) is 32.4 Å². The number of carboxylic acid groups (broad SMARTS) is 1. The summed E-state index contributed by atoms with van der Waals surface area (Å²) in [5, 5.41) is 24.0. The van der Waals surface area contributed by atoms with Gasteiger partial charge in [0.15, 0.2) is 11.5 Å². The van der Waals surface area contributed by atoms with Crippen LogP contribution < -0.4 is 0 Å². The summed E-state index contributed by atoms with van der Waals surface area (Å²) in [6.07, 6.45) is 2.26. The van der Waals surface area contributed by atoms with Crippen molar-refractivity contribution in [3.05, 3.63) is 46.1 Å². The quantitative estimate of drug-likeness (QED) is 0.639. The number of benzene rings is 1. The number of allylic oxidation sites excluding steroid dienone is 1. The number of hydrogen-bond donors (Lipinski definition) is 2. The Hall–Kier alpha value is -2.98. The third kappa shape index (κ3) is 3.61. The first kappa shape index (κ1) is 22.5. The minimum atomic E-state index is -1.04. The first-order chi connectivity index (χ1) is 16.8. The molecule has 1 spiro atoms. The maximum absolute atomic E-state index is 14.9. The van der Waals surface area contributed by atoms with E-state index in [1.54, 1.807) is 4.90 Å². The highest BCUT2D eigenvalue weighted by Gasteiger charge is 2.51. The van der Waals surface area contributed by atoms with Gasteiger partial charge >= 0.3 is 6.09 Å². The number of hydrogen-bond acceptors (Lipinski definition) is 6. The largest absolute Gasteiger partial charge is 0.507 e. The summed E-state index contributed by atoms with van der Waals surface area (Å²) < 4.78 is 21.0. The molecule has 3 fully saturated rings. The number of nitrogens with zero attached hydrogens (tertiary/aromatic N) is 4. The summed E-state index contributed by atoms with van der Waals surface area (Å²) >= 11 is 6.79. The van der Waals surface area contributed by atoms with Gasteiger partial charge in [-0.05, 0) is 36.8 Å². The van der Waals surface area contributed by atoms with Gasteiger partial charge in [-0.2, -0.15) is 0 Å². The fourth-order valence-corrected chi connectivity index (χ4v) is 5.99. The Morgan fingerprint density at radius 1 is 1.20 bits per heavy atom. The van der Waals surface area contributed by atoms with Crippen LogP contribution >= 0.6 is 11.6 Å². The van der Waals surface area contributed by atoms with E-state index in [1.807, 2.05) is 5.01 Å². The molecule has 0 bridgehead atoms. The third-order valence-corrected chi connectivity index (χ3v) is 8.29. The highest BCUT2D eigenvalue weighted by molar-refractivity contribution is 6.35. The number of carbonyl (C=O) groups excluding carboxylic acids is 1. The number of aromatic hydroxyl groups is 1. The van der Waals surface area contributed by atoms with E-state index >= 15 is 0 Å². The highest BCUT2D eigenvalue weighted by Crippen LogP contribution is 2.54. The number of amides is 2. The molecule has 1 aromatic rings. The molecule has 35 heavy (non-hydrogen) atoms. The van der Waals surface area contributed by atoms with Crippen LogP contribution in [0.1, 0.15) is 24.8 Å². The average Bonchev–Trinajstić information content (AvgIpc) is 3.49. The van der Waals surface area contributed by atoms with Crippen molar-refractivity contribution in [1.82, 2.24) is 19.8 Å². The van der Waals surface area contributed by atoms with Crippen molar-refractivity contribution in [2.24, 2.45) is 5.41 Å². The Morgan fingerprint density at radius 3 is 2.69 bits per heavy atom. The molecule has 2 amide bonds. The van der Waals surface area contributed by atoms with Crippen LogP contribution in [-0.4, -0.2) is 93.9 Å². The Kier molecular flexibility index (Phi) is 5.16. The zero-order valence-electron chi connectivity index (χ0n) is 19.0. The van der Waals surface area contributed by atoms with Gasteiger partial charge in [0.2, 0.25) is 0 Å². The Bertz CT molecular complexity index is 1160. The molecule has 0 unspecified atom stereocenters. The predicted octanol–water partition coefficient (Wildman–Crippen LogP) is 2.63. The van der Waals surface area contributed by atoms with Crippen molar-refractivity contribution in [1.29, 1.82) is 0 Å². The SMILES string of the molecule is O=C(O)N1CCN2C(=O)C3=C(OC[C@H]2C1)C(Cl)=C(c1c(O)cccc1F)CN3N1CCC2(CC2)C1. The molecule has 2 N–H and O–H groups in total. The molecule has 6 rings (SSSR count). The van der Waals surface area contributed by atoms with E-state index in [4.69, 9.17) is 16.3 Å². The van der Waals surface area contributed by atoms with E-state index < -0.39 is 18.0 Å². The number of ether oxygens (including phenoxy) is 1. The van der Waals surface area contributed by atoms with Crippen molar-refractivity contribution in [2.45, 2.75) is 25.3 Å². The second kappa shape index (κ2) is 8.03. The van der Waals surface area contributed by atoms with Crippen LogP contribution in [0.5, 0.6) is 5.75 Å². The molecule has 1 saturated carbocycles. The van der Waals surface area contributed by atoms with Crippen molar-refractivity contribution < 1.29 is 28.9 Å². The summed E-state index contributed by atoms with van der Waals surface area (Å²) in [7, 11) is 0. The Balaban J connectivity index is 1.44. The predicted molar refractivity (Wildman–Crippen MR) is 123 cm³/mol. The molecule has 0 radical (unpaired) electrons. The number of phenolic OH excluding ortho intramolecular Hbond substituents is 1. The first-order valence-electron chi connectivity index (χ1n) is 11.8. The molecule has 1 atom stereocenters. The van der Waals surface area contributed by atoms with Crippen LogP contribution in [0.2, 0.25) is 0 Å². The number of phenols is 1. The Morgan fingerprint density at radius 2 is 2.00 bits per heavy atom. The lowest BCUT2D eigenvalue weighted by Crippen LogP contribution is -2.58. The molecule has 1 aliphatic carbocycles. The van der Waals surface area contributed by atoms with Crippen molar-refractivity contribution in [3.8, 4) is 5.75 Å². The van der Waals surface area contributed by atoms with Gasteiger partial charge in [0.05, 0.1) is 23.2 Å². The number of halogens is 2. The van der Waals surface area contributed by atoms with Gasteiger partial charge in [-0.25, -0.2) is 14.2 Å². The first-order valence-corrected chi connectivity index (χ1v) is 12.2. The topological polar surface area (TPSA) is 96.8 Å². The second-order valence-corrected chi connectivity index (χ2v) is 10.4. The van der Waals surface area contributed by atoms with Gasteiger partial charge < -0.3 is 24.7 Å². The summed E-state index contributed by atoms with van der Waals surface area (Å²) in [5.74, 6) is -0.985. The highest BCUT2D eigenvalue weighted by atomic mass is 35.5. The lowest BCUT2D eigenvalue weighted by atomic mass is 9.99.